The van der Waals surface area contributed by atoms with Crippen LogP contribution in [-0.4, -0.2) is 17.9 Å². The Balaban J connectivity index is 1.55. The number of hydrazine groups is 1. The normalized spacial score (nSPS) is 11.2. The molecule has 2 amide bonds. The van der Waals surface area contributed by atoms with Gasteiger partial charge < -0.3 is 9.47 Å². The van der Waals surface area contributed by atoms with E-state index in [0.717, 1.165) is 0 Å². The number of hydrogen-bond donors (Lipinski definition) is 2. The Morgan fingerprint density at radius 1 is 0.862 bits per heavy atom. The SMILES string of the molecule is C[C@@H](Oc1ccccc1F)C(=O)NNC(=O)c1cccc(Oc2ccccc2)c1. The molecule has 0 bridgehead atoms. The number of hydrogen-bond acceptors (Lipinski definition) is 4. The quantitative estimate of drug-likeness (QED) is 0.623. The lowest BCUT2D eigenvalue weighted by Gasteiger charge is -2.15. The van der Waals surface area contributed by atoms with Crippen molar-refractivity contribution in [2.75, 3.05) is 0 Å². The second-order valence-corrected chi connectivity index (χ2v) is 6.08. The predicted molar refractivity (Wildman–Crippen MR) is 105 cm³/mol. The zero-order valence-electron chi connectivity index (χ0n) is 15.6. The Labute approximate surface area is 167 Å². The number of para-hydroxylation sites is 2. The molecule has 0 aromatic heterocycles. The maximum atomic E-state index is 13.6. The molecule has 2 N–H and O–H groups in total. The molecule has 6 nitrogen and oxygen atoms in total. The van der Waals surface area contributed by atoms with Gasteiger partial charge >= 0.3 is 0 Å². The highest BCUT2D eigenvalue weighted by Gasteiger charge is 2.17. The highest BCUT2D eigenvalue weighted by atomic mass is 19.1. The van der Waals surface area contributed by atoms with Crippen molar-refractivity contribution in [3.8, 4) is 17.2 Å². The van der Waals surface area contributed by atoms with E-state index in [1.54, 1.807) is 42.5 Å². The zero-order valence-corrected chi connectivity index (χ0v) is 15.6. The first-order valence-corrected chi connectivity index (χ1v) is 8.87. The van der Waals surface area contributed by atoms with Gasteiger partial charge in [-0.3, -0.25) is 20.4 Å². The smallest absolute Gasteiger partial charge is 0.279 e. The van der Waals surface area contributed by atoms with Crippen LogP contribution in [-0.2, 0) is 4.79 Å². The van der Waals surface area contributed by atoms with Crippen molar-refractivity contribution in [2.45, 2.75) is 13.0 Å². The molecule has 0 heterocycles. The van der Waals surface area contributed by atoms with Crippen LogP contribution in [0.25, 0.3) is 0 Å². The Hall–Kier alpha value is -3.87. The van der Waals surface area contributed by atoms with Gasteiger partial charge in [0.15, 0.2) is 17.7 Å². The topological polar surface area (TPSA) is 76.7 Å². The predicted octanol–water partition coefficient (Wildman–Crippen LogP) is 3.85. The molecule has 0 unspecified atom stereocenters. The summed E-state index contributed by atoms with van der Waals surface area (Å²) in [5, 5.41) is 0. The van der Waals surface area contributed by atoms with E-state index in [1.165, 1.54) is 25.1 Å². The minimum atomic E-state index is -1.01. The van der Waals surface area contributed by atoms with E-state index in [9.17, 15) is 14.0 Å². The van der Waals surface area contributed by atoms with Crippen LogP contribution in [0, 0.1) is 5.82 Å². The van der Waals surface area contributed by atoms with Gasteiger partial charge in [-0.25, -0.2) is 4.39 Å². The third kappa shape index (κ3) is 5.55. The van der Waals surface area contributed by atoms with Gasteiger partial charge in [0.25, 0.3) is 11.8 Å². The monoisotopic (exact) mass is 394 g/mol. The Kier molecular flexibility index (Phi) is 6.42. The molecule has 0 aliphatic heterocycles. The number of rotatable bonds is 6. The fraction of sp³-hybridized carbons (Fsp3) is 0.0909. The number of benzene rings is 3. The summed E-state index contributed by atoms with van der Waals surface area (Å²) in [7, 11) is 0. The Bertz CT molecular complexity index is 995. The van der Waals surface area contributed by atoms with Crippen molar-refractivity contribution in [2.24, 2.45) is 0 Å². The molecule has 1 atom stereocenters. The number of carbonyl (C=O) groups excluding carboxylic acids is 2. The van der Waals surface area contributed by atoms with Crippen molar-refractivity contribution < 1.29 is 23.5 Å². The van der Waals surface area contributed by atoms with Crippen LogP contribution in [0.15, 0.2) is 78.9 Å². The fourth-order valence-electron chi connectivity index (χ4n) is 2.40. The third-order valence-corrected chi connectivity index (χ3v) is 3.88. The molecule has 0 fully saturated rings. The van der Waals surface area contributed by atoms with E-state index in [4.69, 9.17) is 9.47 Å². The standard InChI is InChI=1S/C22H19FN2O4/c1-15(28-20-13-6-5-12-19(20)23)21(26)24-25-22(27)16-8-7-11-18(14-16)29-17-9-3-2-4-10-17/h2-15H,1H3,(H,24,26)(H,25,27)/t15-/m1/s1. The second kappa shape index (κ2) is 9.36. The van der Waals surface area contributed by atoms with Crippen LogP contribution < -0.4 is 20.3 Å². The van der Waals surface area contributed by atoms with Crippen LogP contribution in [0.4, 0.5) is 4.39 Å². The van der Waals surface area contributed by atoms with E-state index >= 15 is 0 Å². The van der Waals surface area contributed by atoms with Gasteiger partial charge in [0.2, 0.25) is 0 Å². The Morgan fingerprint density at radius 3 is 2.31 bits per heavy atom. The van der Waals surface area contributed by atoms with Crippen molar-refractivity contribution in [1.29, 1.82) is 0 Å². The van der Waals surface area contributed by atoms with Gasteiger partial charge in [-0.15, -0.1) is 0 Å². The maximum absolute atomic E-state index is 13.6. The number of amides is 2. The van der Waals surface area contributed by atoms with E-state index in [-0.39, 0.29) is 5.75 Å². The highest BCUT2D eigenvalue weighted by Crippen LogP contribution is 2.21. The van der Waals surface area contributed by atoms with Gasteiger partial charge in [-0.05, 0) is 49.4 Å². The fourth-order valence-corrected chi connectivity index (χ4v) is 2.40. The summed E-state index contributed by atoms with van der Waals surface area (Å²) >= 11 is 0. The summed E-state index contributed by atoms with van der Waals surface area (Å²) in [6.45, 7) is 1.45. The molecule has 0 spiro atoms. The molecule has 3 rings (SSSR count). The van der Waals surface area contributed by atoms with Crippen molar-refractivity contribution in [3.63, 3.8) is 0 Å². The molecule has 0 aliphatic rings. The van der Waals surface area contributed by atoms with Gasteiger partial charge in [0.05, 0.1) is 0 Å². The molecule has 3 aromatic carbocycles. The first-order chi connectivity index (χ1) is 14.0. The number of ether oxygens (including phenoxy) is 2. The summed E-state index contributed by atoms with van der Waals surface area (Å²) in [6.07, 6.45) is -1.01. The highest BCUT2D eigenvalue weighted by molar-refractivity contribution is 5.96. The lowest BCUT2D eigenvalue weighted by Crippen LogP contribution is -2.47. The molecule has 7 heteroatoms. The van der Waals surface area contributed by atoms with Gasteiger partial charge in [-0.2, -0.15) is 0 Å². The average Bonchev–Trinajstić information content (AvgIpc) is 2.74. The lowest BCUT2D eigenvalue weighted by atomic mass is 10.2. The van der Waals surface area contributed by atoms with Crippen molar-refractivity contribution in [1.82, 2.24) is 10.9 Å². The molecule has 3 aromatic rings. The average molecular weight is 394 g/mol. The van der Waals surface area contributed by atoms with Gasteiger partial charge in [0, 0.05) is 5.56 Å². The van der Waals surface area contributed by atoms with E-state index in [0.29, 0.717) is 17.1 Å². The van der Waals surface area contributed by atoms with E-state index in [1.807, 2.05) is 18.2 Å². The molecular weight excluding hydrogens is 375 g/mol. The molecule has 0 radical (unpaired) electrons. The molecule has 148 valence electrons. The van der Waals surface area contributed by atoms with Gasteiger partial charge in [0.1, 0.15) is 11.5 Å². The minimum absolute atomic E-state index is 0.0489. The lowest BCUT2D eigenvalue weighted by molar-refractivity contribution is -0.128. The maximum Gasteiger partial charge on any atom is 0.279 e. The number of carbonyl (C=O) groups is 2. The number of halogens is 1. The second-order valence-electron chi connectivity index (χ2n) is 6.08. The zero-order chi connectivity index (χ0) is 20.6. The van der Waals surface area contributed by atoms with Crippen LogP contribution in [0.5, 0.6) is 17.2 Å². The summed E-state index contributed by atoms with van der Waals surface area (Å²) in [5.74, 6) is -0.671. The van der Waals surface area contributed by atoms with E-state index < -0.39 is 23.7 Å². The first-order valence-electron chi connectivity index (χ1n) is 8.87. The summed E-state index contributed by atoms with van der Waals surface area (Å²) in [4.78, 5) is 24.4. The van der Waals surface area contributed by atoms with Crippen molar-refractivity contribution >= 4 is 11.8 Å². The summed E-state index contributed by atoms with van der Waals surface area (Å²) in [5.41, 5.74) is 4.86. The summed E-state index contributed by atoms with van der Waals surface area (Å²) < 4.78 is 24.6. The van der Waals surface area contributed by atoms with E-state index in [2.05, 4.69) is 10.9 Å². The molecular formula is C22H19FN2O4. The van der Waals surface area contributed by atoms with Crippen LogP contribution >= 0.6 is 0 Å². The number of nitrogens with one attached hydrogen (secondary N) is 2. The first kappa shape index (κ1) is 19.9. The van der Waals surface area contributed by atoms with Gasteiger partial charge in [-0.1, -0.05) is 36.4 Å². The molecule has 0 aliphatic carbocycles. The van der Waals surface area contributed by atoms with Crippen LogP contribution in [0.2, 0.25) is 0 Å². The Morgan fingerprint density at radius 2 is 1.55 bits per heavy atom. The third-order valence-electron chi connectivity index (χ3n) is 3.88. The largest absolute Gasteiger partial charge is 0.478 e. The van der Waals surface area contributed by atoms with Crippen LogP contribution in [0.1, 0.15) is 17.3 Å². The molecule has 29 heavy (non-hydrogen) atoms. The van der Waals surface area contributed by atoms with Crippen LogP contribution in [0.3, 0.4) is 0 Å². The summed E-state index contributed by atoms with van der Waals surface area (Å²) in [6, 6.07) is 21.4. The van der Waals surface area contributed by atoms with Crippen molar-refractivity contribution in [3.05, 3.63) is 90.2 Å². The minimum Gasteiger partial charge on any atom is -0.478 e. The molecule has 0 saturated carbocycles. The molecule has 0 saturated heterocycles.